The Labute approximate surface area is 90.9 Å². The van der Waals surface area contributed by atoms with E-state index < -0.39 is 0 Å². The lowest BCUT2D eigenvalue weighted by Crippen LogP contribution is -2.29. The van der Waals surface area contributed by atoms with Gasteiger partial charge >= 0.3 is 0 Å². The molecule has 0 N–H and O–H groups in total. The van der Waals surface area contributed by atoms with Crippen LogP contribution in [0.1, 0.15) is 30.4 Å². The van der Waals surface area contributed by atoms with Crippen LogP contribution in [0.3, 0.4) is 0 Å². The van der Waals surface area contributed by atoms with Crippen molar-refractivity contribution in [1.82, 2.24) is 4.90 Å². The summed E-state index contributed by atoms with van der Waals surface area (Å²) in [7, 11) is 0. The third kappa shape index (κ3) is 2.57. The molecule has 0 atom stereocenters. The summed E-state index contributed by atoms with van der Waals surface area (Å²) in [6.45, 7) is 5.10. The molecule has 1 fully saturated rings. The molecular formula is C13H18FN. The summed E-state index contributed by atoms with van der Waals surface area (Å²) in [5.74, 6) is -0.0792. The fourth-order valence-corrected chi connectivity index (χ4v) is 2.18. The topological polar surface area (TPSA) is 3.24 Å². The van der Waals surface area contributed by atoms with E-state index in [2.05, 4.69) is 4.90 Å². The van der Waals surface area contributed by atoms with Crippen LogP contribution in [0.25, 0.3) is 0 Å². The van der Waals surface area contributed by atoms with Crippen molar-refractivity contribution < 1.29 is 4.39 Å². The molecule has 0 radical (unpaired) electrons. The third-order valence-corrected chi connectivity index (χ3v) is 3.22. The van der Waals surface area contributed by atoms with Crippen LogP contribution in [-0.2, 0) is 6.54 Å². The molecule has 0 aliphatic carbocycles. The van der Waals surface area contributed by atoms with Crippen LogP contribution in [0.5, 0.6) is 0 Å². The van der Waals surface area contributed by atoms with Gasteiger partial charge in [-0.25, -0.2) is 4.39 Å². The maximum Gasteiger partial charge on any atom is 0.126 e. The molecule has 0 amide bonds. The second-order valence-electron chi connectivity index (χ2n) is 4.36. The van der Waals surface area contributed by atoms with E-state index in [9.17, 15) is 4.39 Å². The SMILES string of the molecule is Cc1c(F)cccc1CN1CCCCC1. The minimum atomic E-state index is -0.0792. The van der Waals surface area contributed by atoms with Crippen LogP contribution >= 0.6 is 0 Å². The average molecular weight is 207 g/mol. The first-order chi connectivity index (χ1) is 7.27. The number of rotatable bonds is 2. The molecular weight excluding hydrogens is 189 g/mol. The highest BCUT2D eigenvalue weighted by atomic mass is 19.1. The minimum Gasteiger partial charge on any atom is -0.299 e. The monoisotopic (exact) mass is 207 g/mol. The molecule has 1 aromatic rings. The normalized spacial score (nSPS) is 18.0. The molecule has 2 rings (SSSR count). The van der Waals surface area contributed by atoms with Gasteiger partial charge in [-0.05, 0) is 50.0 Å². The van der Waals surface area contributed by atoms with Crippen molar-refractivity contribution in [3.8, 4) is 0 Å². The van der Waals surface area contributed by atoms with E-state index in [0.717, 1.165) is 30.8 Å². The quantitative estimate of drug-likeness (QED) is 0.720. The Morgan fingerprint density at radius 2 is 1.93 bits per heavy atom. The van der Waals surface area contributed by atoms with E-state index >= 15 is 0 Å². The summed E-state index contributed by atoms with van der Waals surface area (Å²) in [5, 5.41) is 0. The van der Waals surface area contributed by atoms with Crippen LogP contribution in [-0.4, -0.2) is 18.0 Å². The molecule has 1 heterocycles. The van der Waals surface area contributed by atoms with E-state index in [1.165, 1.54) is 25.3 Å². The van der Waals surface area contributed by atoms with Crippen molar-refractivity contribution in [2.75, 3.05) is 13.1 Å². The lowest BCUT2D eigenvalue weighted by atomic mass is 10.1. The predicted octanol–water partition coefficient (Wildman–Crippen LogP) is 3.12. The standard InChI is InChI=1S/C13H18FN/c1-11-12(6-5-7-13(11)14)10-15-8-3-2-4-9-15/h5-7H,2-4,8-10H2,1H3. The van der Waals surface area contributed by atoms with Crippen molar-refractivity contribution in [3.63, 3.8) is 0 Å². The molecule has 1 aromatic carbocycles. The zero-order chi connectivity index (χ0) is 10.7. The molecule has 1 aliphatic heterocycles. The Hall–Kier alpha value is -0.890. The average Bonchev–Trinajstić information content (AvgIpc) is 2.26. The largest absolute Gasteiger partial charge is 0.299 e. The molecule has 82 valence electrons. The summed E-state index contributed by atoms with van der Waals surface area (Å²) in [6, 6.07) is 5.38. The lowest BCUT2D eigenvalue weighted by Gasteiger charge is -2.27. The predicted molar refractivity (Wildman–Crippen MR) is 60.3 cm³/mol. The third-order valence-electron chi connectivity index (χ3n) is 3.22. The van der Waals surface area contributed by atoms with E-state index in [0.29, 0.717) is 0 Å². The van der Waals surface area contributed by atoms with Gasteiger partial charge in [0.05, 0.1) is 0 Å². The molecule has 0 unspecified atom stereocenters. The number of halogens is 1. The molecule has 1 aliphatic rings. The minimum absolute atomic E-state index is 0.0792. The molecule has 1 nitrogen and oxygen atoms in total. The zero-order valence-corrected chi connectivity index (χ0v) is 9.30. The van der Waals surface area contributed by atoms with Gasteiger partial charge in [0.15, 0.2) is 0 Å². The first-order valence-electron chi connectivity index (χ1n) is 5.74. The zero-order valence-electron chi connectivity index (χ0n) is 9.30. The fourth-order valence-electron chi connectivity index (χ4n) is 2.18. The van der Waals surface area contributed by atoms with Gasteiger partial charge in [0, 0.05) is 6.54 Å². The van der Waals surface area contributed by atoms with Gasteiger partial charge in [-0.3, -0.25) is 4.90 Å². The van der Waals surface area contributed by atoms with E-state index in [1.807, 2.05) is 19.1 Å². The van der Waals surface area contributed by atoms with Crippen LogP contribution in [0, 0.1) is 12.7 Å². The summed E-state index contributed by atoms with van der Waals surface area (Å²) in [5.41, 5.74) is 1.94. The van der Waals surface area contributed by atoms with Gasteiger partial charge in [-0.1, -0.05) is 18.6 Å². The Kier molecular flexibility index (Phi) is 3.37. The highest BCUT2D eigenvalue weighted by Crippen LogP contribution is 2.17. The lowest BCUT2D eigenvalue weighted by molar-refractivity contribution is 0.220. The second-order valence-corrected chi connectivity index (χ2v) is 4.36. The number of piperidine rings is 1. The van der Waals surface area contributed by atoms with Gasteiger partial charge in [0.2, 0.25) is 0 Å². The Balaban J connectivity index is 2.06. The van der Waals surface area contributed by atoms with Crippen molar-refractivity contribution in [3.05, 3.63) is 35.1 Å². The Bertz CT molecular complexity index is 329. The highest BCUT2D eigenvalue weighted by molar-refractivity contribution is 5.27. The number of hydrogen-bond acceptors (Lipinski definition) is 1. The Morgan fingerprint density at radius 3 is 2.67 bits per heavy atom. The molecule has 2 heteroatoms. The van der Waals surface area contributed by atoms with Crippen molar-refractivity contribution in [1.29, 1.82) is 0 Å². The van der Waals surface area contributed by atoms with Crippen LogP contribution in [0.15, 0.2) is 18.2 Å². The molecule has 0 bridgehead atoms. The highest BCUT2D eigenvalue weighted by Gasteiger charge is 2.12. The van der Waals surface area contributed by atoms with Crippen molar-refractivity contribution >= 4 is 0 Å². The fraction of sp³-hybridized carbons (Fsp3) is 0.538. The molecule has 0 saturated carbocycles. The van der Waals surface area contributed by atoms with Crippen molar-refractivity contribution in [2.24, 2.45) is 0 Å². The van der Waals surface area contributed by atoms with Crippen LogP contribution < -0.4 is 0 Å². The molecule has 0 spiro atoms. The first kappa shape index (κ1) is 10.6. The maximum atomic E-state index is 13.3. The van der Waals surface area contributed by atoms with Gasteiger partial charge in [0.1, 0.15) is 5.82 Å². The number of hydrogen-bond donors (Lipinski definition) is 0. The van der Waals surface area contributed by atoms with Crippen LogP contribution in [0.2, 0.25) is 0 Å². The number of likely N-dealkylation sites (tertiary alicyclic amines) is 1. The maximum absolute atomic E-state index is 13.3. The van der Waals surface area contributed by atoms with Gasteiger partial charge < -0.3 is 0 Å². The van der Waals surface area contributed by atoms with E-state index in [-0.39, 0.29) is 5.82 Å². The van der Waals surface area contributed by atoms with Gasteiger partial charge in [0.25, 0.3) is 0 Å². The molecule has 15 heavy (non-hydrogen) atoms. The molecule has 1 saturated heterocycles. The second kappa shape index (κ2) is 4.75. The number of benzene rings is 1. The van der Waals surface area contributed by atoms with E-state index in [1.54, 1.807) is 0 Å². The van der Waals surface area contributed by atoms with Gasteiger partial charge in [-0.2, -0.15) is 0 Å². The summed E-state index contributed by atoms with van der Waals surface area (Å²) < 4.78 is 13.3. The van der Waals surface area contributed by atoms with Crippen LogP contribution in [0.4, 0.5) is 4.39 Å². The summed E-state index contributed by atoms with van der Waals surface area (Å²) in [4.78, 5) is 2.42. The number of nitrogens with zero attached hydrogens (tertiary/aromatic N) is 1. The summed E-state index contributed by atoms with van der Waals surface area (Å²) >= 11 is 0. The Morgan fingerprint density at radius 1 is 1.20 bits per heavy atom. The smallest absolute Gasteiger partial charge is 0.126 e. The van der Waals surface area contributed by atoms with Gasteiger partial charge in [-0.15, -0.1) is 0 Å². The van der Waals surface area contributed by atoms with E-state index in [4.69, 9.17) is 0 Å². The van der Waals surface area contributed by atoms with Crippen molar-refractivity contribution in [2.45, 2.75) is 32.7 Å². The first-order valence-corrected chi connectivity index (χ1v) is 5.74. The molecule has 0 aromatic heterocycles. The summed E-state index contributed by atoms with van der Waals surface area (Å²) in [6.07, 6.45) is 3.92.